The molecule has 0 aliphatic heterocycles. The fourth-order valence-electron chi connectivity index (χ4n) is 1.14. The lowest BCUT2D eigenvalue weighted by Gasteiger charge is -2.07. The van der Waals surface area contributed by atoms with Crippen molar-refractivity contribution in [2.75, 3.05) is 7.05 Å². The summed E-state index contributed by atoms with van der Waals surface area (Å²) in [5, 5.41) is 2.55. The lowest BCUT2D eigenvalue weighted by molar-refractivity contribution is 0.0962. The Kier molecular flexibility index (Phi) is 2.90. The molecule has 5 heteroatoms. The first-order valence-electron chi connectivity index (χ1n) is 4.75. The van der Waals surface area contributed by atoms with E-state index in [1.54, 1.807) is 13.1 Å². The van der Waals surface area contributed by atoms with E-state index in [1.165, 1.54) is 6.20 Å². The van der Waals surface area contributed by atoms with Gasteiger partial charge in [-0.25, -0.2) is 4.98 Å². The molecule has 1 aliphatic rings. The number of rotatable bonds is 3. The smallest absolute Gasteiger partial charge is 0.252 e. The quantitative estimate of drug-likeness (QED) is 0.852. The van der Waals surface area contributed by atoms with Crippen LogP contribution >= 0.6 is 15.9 Å². The van der Waals surface area contributed by atoms with Gasteiger partial charge in [0.2, 0.25) is 0 Å². The molecular formula is C10H11BrN2O2. The second-order valence-corrected chi connectivity index (χ2v) is 4.16. The van der Waals surface area contributed by atoms with Crippen LogP contribution in [0.25, 0.3) is 0 Å². The molecule has 0 radical (unpaired) electrons. The Morgan fingerprint density at radius 2 is 2.40 bits per heavy atom. The van der Waals surface area contributed by atoms with Gasteiger partial charge in [0, 0.05) is 13.2 Å². The number of amides is 1. The van der Waals surface area contributed by atoms with Crippen molar-refractivity contribution in [1.29, 1.82) is 0 Å². The molecule has 1 saturated carbocycles. The van der Waals surface area contributed by atoms with Gasteiger partial charge in [0.25, 0.3) is 5.91 Å². The summed E-state index contributed by atoms with van der Waals surface area (Å²) in [6.45, 7) is 0. The summed E-state index contributed by atoms with van der Waals surface area (Å²) < 4.78 is 6.24. The molecule has 1 fully saturated rings. The van der Waals surface area contributed by atoms with E-state index in [1.807, 2.05) is 0 Å². The number of halogens is 1. The molecule has 80 valence electrons. The van der Waals surface area contributed by atoms with Gasteiger partial charge in [-0.05, 0) is 34.8 Å². The van der Waals surface area contributed by atoms with Crippen LogP contribution in [0, 0.1) is 0 Å². The van der Waals surface area contributed by atoms with Crippen molar-refractivity contribution in [3.63, 3.8) is 0 Å². The minimum atomic E-state index is -0.157. The minimum Gasteiger partial charge on any atom is -0.488 e. The van der Waals surface area contributed by atoms with Gasteiger partial charge in [0.05, 0.1) is 11.7 Å². The topological polar surface area (TPSA) is 51.2 Å². The van der Waals surface area contributed by atoms with Crippen molar-refractivity contribution in [3.05, 3.63) is 22.4 Å². The molecule has 1 aromatic heterocycles. The van der Waals surface area contributed by atoms with Crippen LogP contribution in [0.2, 0.25) is 0 Å². The average molecular weight is 271 g/mol. The number of carbonyl (C=O) groups excluding carboxylic acids is 1. The Labute approximate surface area is 96.2 Å². The number of ether oxygens (including phenoxy) is 1. The molecular weight excluding hydrogens is 260 g/mol. The highest BCUT2D eigenvalue weighted by Gasteiger charge is 2.25. The Morgan fingerprint density at radius 3 is 3.00 bits per heavy atom. The van der Waals surface area contributed by atoms with Gasteiger partial charge >= 0.3 is 0 Å². The van der Waals surface area contributed by atoms with Crippen LogP contribution in [-0.2, 0) is 0 Å². The Hall–Kier alpha value is -1.10. The van der Waals surface area contributed by atoms with E-state index >= 15 is 0 Å². The lowest BCUT2D eigenvalue weighted by Crippen LogP contribution is -2.18. The number of nitrogens with zero attached hydrogens (tertiary/aromatic N) is 1. The second-order valence-electron chi connectivity index (χ2n) is 3.41. The highest BCUT2D eigenvalue weighted by atomic mass is 79.9. The second kappa shape index (κ2) is 4.18. The van der Waals surface area contributed by atoms with Crippen molar-refractivity contribution in [3.8, 4) is 5.75 Å². The van der Waals surface area contributed by atoms with E-state index in [4.69, 9.17) is 4.74 Å². The van der Waals surface area contributed by atoms with Crippen molar-refractivity contribution < 1.29 is 9.53 Å². The molecule has 15 heavy (non-hydrogen) atoms. The standard InChI is InChI=1S/C10H11BrN2O2/c1-12-10(14)6-4-8(9(11)13-5-6)15-7-2-3-7/h4-5,7H,2-3H2,1H3,(H,12,14). The van der Waals surface area contributed by atoms with Crippen LogP contribution in [0.15, 0.2) is 16.9 Å². The molecule has 0 aromatic carbocycles. The van der Waals surface area contributed by atoms with Gasteiger partial charge < -0.3 is 10.1 Å². The summed E-state index contributed by atoms with van der Waals surface area (Å²) in [5.74, 6) is 0.481. The molecule has 1 aliphatic carbocycles. The van der Waals surface area contributed by atoms with Crippen LogP contribution in [0.1, 0.15) is 23.2 Å². The zero-order valence-electron chi connectivity index (χ0n) is 8.29. The van der Waals surface area contributed by atoms with E-state index in [-0.39, 0.29) is 5.91 Å². The summed E-state index contributed by atoms with van der Waals surface area (Å²) in [5.41, 5.74) is 0.511. The van der Waals surface area contributed by atoms with Crippen LogP contribution in [0.3, 0.4) is 0 Å². The predicted molar refractivity (Wildman–Crippen MR) is 59.0 cm³/mol. The van der Waals surface area contributed by atoms with Gasteiger partial charge in [-0.3, -0.25) is 4.79 Å². The van der Waals surface area contributed by atoms with Crippen LogP contribution in [0.5, 0.6) is 5.75 Å². The molecule has 4 nitrogen and oxygen atoms in total. The summed E-state index contributed by atoms with van der Waals surface area (Å²) in [6, 6.07) is 1.70. The number of nitrogens with one attached hydrogen (secondary N) is 1. The van der Waals surface area contributed by atoms with Gasteiger partial charge in [0.1, 0.15) is 4.60 Å². The number of hydrogen-bond acceptors (Lipinski definition) is 3. The van der Waals surface area contributed by atoms with E-state index in [0.717, 1.165) is 12.8 Å². The Balaban J connectivity index is 2.22. The van der Waals surface area contributed by atoms with Crippen LogP contribution in [0.4, 0.5) is 0 Å². The summed E-state index contributed by atoms with van der Waals surface area (Å²) in [6.07, 6.45) is 3.97. The van der Waals surface area contributed by atoms with E-state index < -0.39 is 0 Å². The first-order valence-corrected chi connectivity index (χ1v) is 5.54. The molecule has 0 spiro atoms. The molecule has 1 N–H and O–H groups in total. The maximum Gasteiger partial charge on any atom is 0.252 e. The molecule has 2 rings (SSSR count). The third kappa shape index (κ3) is 2.47. The SMILES string of the molecule is CNC(=O)c1cnc(Br)c(OC2CC2)c1. The maximum atomic E-state index is 11.4. The summed E-state index contributed by atoms with van der Waals surface area (Å²) in [7, 11) is 1.59. The van der Waals surface area contributed by atoms with Crippen LogP contribution < -0.4 is 10.1 Å². The van der Waals surface area contributed by atoms with E-state index in [0.29, 0.717) is 22.0 Å². The highest BCUT2D eigenvalue weighted by molar-refractivity contribution is 9.10. The number of aromatic nitrogens is 1. The molecule has 0 saturated heterocycles. The monoisotopic (exact) mass is 270 g/mol. The van der Waals surface area contributed by atoms with Crippen molar-refractivity contribution >= 4 is 21.8 Å². The number of hydrogen-bond donors (Lipinski definition) is 1. The van der Waals surface area contributed by atoms with Crippen molar-refractivity contribution in [1.82, 2.24) is 10.3 Å². The molecule has 0 bridgehead atoms. The van der Waals surface area contributed by atoms with Crippen LogP contribution in [-0.4, -0.2) is 24.0 Å². The third-order valence-electron chi connectivity index (χ3n) is 2.11. The average Bonchev–Trinajstić information content (AvgIpc) is 3.04. The first-order chi connectivity index (χ1) is 7.20. The van der Waals surface area contributed by atoms with E-state index in [2.05, 4.69) is 26.2 Å². The fraction of sp³-hybridized carbons (Fsp3) is 0.400. The predicted octanol–water partition coefficient (Wildman–Crippen LogP) is 1.74. The number of pyridine rings is 1. The molecule has 1 aromatic rings. The Morgan fingerprint density at radius 1 is 1.67 bits per heavy atom. The number of carbonyl (C=O) groups is 1. The fourth-order valence-corrected chi connectivity index (χ4v) is 1.45. The molecule has 0 unspecified atom stereocenters. The zero-order chi connectivity index (χ0) is 10.8. The van der Waals surface area contributed by atoms with Gasteiger partial charge in [-0.2, -0.15) is 0 Å². The highest BCUT2D eigenvalue weighted by Crippen LogP contribution is 2.31. The third-order valence-corrected chi connectivity index (χ3v) is 2.71. The molecule has 1 heterocycles. The first kappa shape index (κ1) is 10.4. The van der Waals surface area contributed by atoms with Crippen molar-refractivity contribution in [2.24, 2.45) is 0 Å². The lowest BCUT2D eigenvalue weighted by atomic mass is 10.2. The molecule has 1 amide bonds. The van der Waals surface area contributed by atoms with Gasteiger partial charge in [0.15, 0.2) is 5.75 Å². The minimum absolute atomic E-state index is 0.157. The van der Waals surface area contributed by atoms with Gasteiger partial charge in [-0.1, -0.05) is 0 Å². The van der Waals surface area contributed by atoms with Crippen molar-refractivity contribution in [2.45, 2.75) is 18.9 Å². The maximum absolute atomic E-state index is 11.4. The molecule has 0 atom stereocenters. The zero-order valence-corrected chi connectivity index (χ0v) is 9.87. The summed E-state index contributed by atoms with van der Waals surface area (Å²) >= 11 is 3.29. The van der Waals surface area contributed by atoms with E-state index in [9.17, 15) is 4.79 Å². The Bertz CT molecular complexity index is 391. The normalized spacial score (nSPS) is 14.8. The van der Waals surface area contributed by atoms with Gasteiger partial charge in [-0.15, -0.1) is 0 Å². The summed E-state index contributed by atoms with van der Waals surface area (Å²) in [4.78, 5) is 15.4. The largest absolute Gasteiger partial charge is 0.488 e.